The third kappa shape index (κ3) is 1.36. The summed E-state index contributed by atoms with van der Waals surface area (Å²) in [7, 11) is 0. The third-order valence-electron chi connectivity index (χ3n) is 1.94. The third-order valence-corrected chi connectivity index (χ3v) is 1.94. The summed E-state index contributed by atoms with van der Waals surface area (Å²) in [4.78, 5) is 11.1. The molecule has 1 aliphatic rings. The van der Waals surface area contributed by atoms with E-state index in [4.69, 9.17) is 8.22 Å². The van der Waals surface area contributed by atoms with E-state index in [1.54, 1.807) is 0 Å². The van der Waals surface area contributed by atoms with Crippen LogP contribution in [0.25, 0.3) is 0 Å². The lowest BCUT2D eigenvalue weighted by atomic mass is 9.98. The molecule has 0 bridgehead atoms. The van der Waals surface area contributed by atoms with Crippen molar-refractivity contribution in [2.24, 2.45) is 0 Å². The number of carboxylic acids is 1. The fraction of sp³-hybridized carbons (Fsp3) is 0.667. The molecule has 1 radical (unpaired) electrons. The number of carbonyl (C=O) groups excluding carboxylic acids is 1. The van der Waals surface area contributed by atoms with Crippen molar-refractivity contribution in [2.45, 2.75) is 38.6 Å². The van der Waals surface area contributed by atoms with E-state index in [9.17, 15) is 15.1 Å². The fourth-order valence-electron chi connectivity index (χ4n) is 1.26. The molecule has 0 aromatic rings. The van der Waals surface area contributed by atoms with Crippen LogP contribution < -0.4 is 5.11 Å². The van der Waals surface area contributed by atoms with Gasteiger partial charge in [0.05, 0.1) is 17.0 Å². The van der Waals surface area contributed by atoms with E-state index >= 15 is 0 Å². The molecule has 0 N–H and O–H groups in total. The highest BCUT2D eigenvalue weighted by Crippen LogP contribution is 2.38. The minimum atomic E-state index is -3.35. The van der Waals surface area contributed by atoms with E-state index in [0.717, 1.165) is 6.08 Å². The predicted octanol–water partition coefficient (Wildman–Crippen LogP) is -0.119. The van der Waals surface area contributed by atoms with Crippen LogP contribution >= 0.6 is 0 Å². The lowest BCUT2D eigenvalue weighted by molar-refractivity contribution is -0.303. The van der Waals surface area contributed by atoms with Crippen LogP contribution in [0.5, 0.6) is 0 Å². The van der Waals surface area contributed by atoms with Crippen LogP contribution in [-0.4, -0.2) is 22.1 Å². The quantitative estimate of drug-likeness (QED) is 0.541. The number of hydroxylamine groups is 2. The van der Waals surface area contributed by atoms with E-state index < -0.39 is 36.3 Å². The van der Waals surface area contributed by atoms with Crippen LogP contribution in [0.3, 0.4) is 0 Å². The molecule has 13 heavy (non-hydrogen) atoms. The first-order valence-electron chi connectivity index (χ1n) is 6.62. The molecule has 1 heterocycles. The maximum Gasteiger partial charge on any atom is 0.0710 e. The average molecular weight is 190 g/mol. The SMILES string of the molecule is [2H]C([2H])([2H])C1(C([2H])([2H])[2H])C(C(=O)[O-])=CC(C)(C)[15N]1[O]. The second kappa shape index (κ2) is 2.56. The first-order chi connectivity index (χ1) is 8.19. The second-order valence-electron chi connectivity index (χ2n) is 3.50. The van der Waals surface area contributed by atoms with Crippen LogP contribution in [0.1, 0.15) is 35.8 Å². The Bertz CT molecular complexity index is 422. The monoisotopic (exact) mass is 190 g/mol. The van der Waals surface area contributed by atoms with E-state index in [1.807, 2.05) is 0 Å². The molecular weight excluding hydrogens is 171 g/mol. The highest BCUT2D eigenvalue weighted by atomic mass is 16.8. The summed E-state index contributed by atoms with van der Waals surface area (Å²) in [6, 6.07) is 0. The molecule has 0 atom stereocenters. The number of hydrogen-bond donors (Lipinski definition) is 0. The number of nitrogens with zero attached hydrogens (tertiary/aromatic N) is 1. The minimum absolute atomic E-state index is 0.175. The van der Waals surface area contributed by atoms with Gasteiger partial charge in [-0.15, -0.1) is 10.3 Å². The number of aliphatic carboxylic acids is 1. The summed E-state index contributed by atoms with van der Waals surface area (Å²) in [6.45, 7) is -4.22. The lowest BCUT2D eigenvalue weighted by Crippen LogP contribution is -2.48. The van der Waals surface area contributed by atoms with Gasteiger partial charge in [-0.05, 0) is 33.1 Å². The standard InChI is InChI=1S/C9H14NO3/c1-8(2)5-6(7(11)12)9(3,4)10(8)13/h5H,1-4H3,(H,11,12)/p-1/i3D3,4D3,10+1. The molecule has 4 nitrogen and oxygen atoms in total. The molecule has 0 aromatic carbocycles. The molecule has 1 rings (SSSR count). The van der Waals surface area contributed by atoms with Crippen molar-refractivity contribution < 1.29 is 23.3 Å². The smallest absolute Gasteiger partial charge is 0.0710 e. The topological polar surface area (TPSA) is 63.3 Å². The van der Waals surface area contributed by atoms with Gasteiger partial charge < -0.3 is 9.90 Å². The molecule has 0 aliphatic carbocycles. The van der Waals surface area contributed by atoms with Crippen molar-refractivity contribution >= 4 is 5.97 Å². The summed E-state index contributed by atoms with van der Waals surface area (Å²) >= 11 is 0. The van der Waals surface area contributed by atoms with Crippen LogP contribution in [0.2, 0.25) is 0 Å². The van der Waals surface area contributed by atoms with Gasteiger partial charge in [0, 0.05) is 8.22 Å². The summed E-state index contributed by atoms with van der Waals surface area (Å²) in [6.07, 6.45) is 0.827. The molecule has 0 amide bonds. The van der Waals surface area contributed by atoms with Crippen molar-refractivity contribution in [3.8, 4) is 0 Å². The van der Waals surface area contributed by atoms with Gasteiger partial charge in [0.1, 0.15) is 0 Å². The average Bonchev–Trinajstić information content (AvgIpc) is 2.33. The molecule has 0 aromatic heterocycles. The van der Waals surface area contributed by atoms with Crippen molar-refractivity contribution in [2.75, 3.05) is 0 Å². The Kier molecular flexibility index (Phi) is 0.900. The molecule has 0 saturated carbocycles. The zero-order valence-electron chi connectivity index (χ0n) is 13.2. The van der Waals surface area contributed by atoms with Gasteiger partial charge in [-0.3, -0.25) is 0 Å². The van der Waals surface area contributed by atoms with Crippen molar-refractivity contribution in [1.29, 1.82) is 0 Å². The van der Waals surface area contributed by atoms with Crippen molar-refractivity contribution in [3.63, 3.8) is 0 Å². The maximum atomic E-state index is 12.2. The second-order valence-corrected chi connectivity index (χ2v) is 3.50. The van der Waals surface area contributed by atoms with Crippen LogP contribution in [0, 0.1) is 0 Å². The molecule has 1 aliphatic heterocycles. The van der Waals surface area contributed by atoms with E-state index in [1.165, 1.54) is 13.8 Å². The normalized spacial score (nSPS) is 34.5. The first kappa shape index (κ1) is 4.57. The van der Waals surface area contributed by atoms with Gasteiger partial charge in [-0.1, -0.05) is 6.08 Å². The van der Waals surface area contributed by atoms with E-state index in [0.29, 0.717) is 0 Å². The summed E-state index contributed by atoms with van der Waals surface area (Å²) in [5.41, 5.74) is -5.71. The molecule has 73 valence electrons. The zero-order chi connectivity index (χ0) is 15.4. The minimum Gasteiger partial charge on any atom is -0.545 e. The Morgan fingerprint density at radius 3 is 2.46 bits per heavy atom. The Labute approximate surface area is 85.9 Å². The van der Waals surface area contributed by atoms with Gasteiger partial charge in [0.25, 0.3) is 0 Å². The Morgan fingerprint density at radius 2 is 2.15 bits per heavy atom. The van der Waals surface area contributed by atoms with E-state index in [-0.39, 0.29) is 5.06 Å². The van der Waals surface area contributed by atoms with Crippen LogP contribution in [0.15, 0.2) is 11.6 Å². The van der Waals surface area contributed by atoms with Crippen LogP contribution in [0.4, 0.5) is 0 Å². The number of rotatable bonds is 1. The fourth-order valence-corrected chi connectivity index (χ4v) is 1.26. The molecule has 0 spiro atoms. The predicted molar refractivity (Wildman–Crippen MR) is 43.8 cm³/mol. The summed E-state index contributed by atoms with van der Waals surface area (Å²) in [5, 5.41) is 23.1. The van der Waals surface area contributed by atoms with Gasteiger partial charge in [0.2, 0.25) is 0 Å². The summed E-state index contributed by atoms with van der Waals surface area (Å²) < 4.78 is 44.2. The number of carbonyl (C=O) groups is 1. The largest absolute Gasteiger partial charge is 0.545 e. The highest BCUT2D eigenvalue weighted by Gasteiger charge is 2.46. The highest BCUT2D eigenvalue weighted by molar-refractivity contribution is 5.88. The lowest BCUT2D eigenvalue weighted by Gasteiger charge is -2.34. The first-order valence-corrected chi connectivity index (χ1v) is 3.62. The van der Waals surface area contributed by atoms with Crippen molar-refractivity contribution in [3.05, 3.63) is 11.6 Å². The zero-order valence-corrected chi connectivity index (χ0v) is 7.25. The van der Waals surface area contributed by atoms with Crippen LogP contribution in [-0.2, 0) is 10.0 Å². The van der Waals surface area contributed by atoms with Crippen molar-refractivity contribution in [1.82, 2.24) is 5.06 Å². The Morgan fingerprint density at radius 1 is 1.62 bits per heavy atom. The van der Waals surface area contributed by atoms with Gasteiger partial charge in [-0.25, -0.2) is 0 Å². The van der Waals surface area contributed by atoms with Gasteiger partial charge in [-0.2, -0.15) is 0 Å². The molecule has 0 unspecified atom stereocenters. The number of hydrogen-bond acceptors (Lipinski definition) is 3. The molecular formula is C9H13NO3-. The summed E-state index contributed by atoms with van der Waals surface area (Å²) in [5.74, 6) is -1.97. The van der Waals surface area contributed by atoms with E-state index in [2.05, 4.69) is 0 Å². The Balaban J connectivity index is 3.73. The number of carboxylic acid groups (broad SMARTS) is 1. The molecule has 0 fully saturated rings. The molecule has 4 heteroatoms. The van der Waals surface area contributed by atoms with Gasteiger partial charge >= 0.3 is 0 Å². The van der Waals surface area contributed by atoms with Gasteiger partial charge in [0.15, 0.2) is 0 Å². The maximum absolute atomic E-state index is 12.2. The molecule has 0 saturated heterocycles. The Hall–Kier alpha value is -0.870.